The van der Waals surface area contributed by atoms with Crippen LogP contribution in [0.15, 0.2) is 41.5 Å². The fraction of sp³-hybridized carbons (Fsp3) is 0.478. The molecule has 4 atom stereocenters. The number of nitrogens with zero attached hydrogens (tertiary/aromatic N) is 1. The van der Waals surface area contributed by atoms with E-state index in [1.807, 2.05) is 32.0 Å². The van der Waals surface area contributed by atoms with Crippen LogP contribution in [0.25, 0.3) is 0 Å². The van der Waals surface area contributed by atoms with E-state index < -0.39 is 0 Å². The number of imide groups is 1. The van der Waals surface area contributed by atoms with E-state index in [1.165, 1.54) is 35.3 Å². The van der Waals surface area contributed by atoms with Crippen LogP contribution in [-0.2, 0) is 9.59 Å². The number of fused-ring (bicyclic) bond motifs is 5. The first kappa shape index (κ1) is 16.0. The second-order valence-electron chi connectivity index (χ2n) is 8.39. The summed E-state index contributed by atoms with van der Waals surface area (Å²) in [6, 6.07) is 5.89. The summed E-state index contributed by atoms with van der Waals surface area (Å²) >= 11 is 0. The van der Waals surface area contributed by atoms with Gasteiger partial charge in [-0.2, -0.15) is 0 Å². The molecule has 26 heavy (non-hydrogen) atoms. The van der Waals surface area contributed by atoms with Crippen LogP contribution in [0.5, 0.6) is 0 Å². The molecule has 0 spiro atoms. The smallest absolute Gasteiger partial charge is 0.238 e. The summed E-state index contributed by atoms with van der Waals surface area (Å²) < 4.78 is 0. The molecule has 3 heteroatoms. The van der Waals surface area contributed by atoms with Crippen LogP contribution in [0.1, 0.15) is 43.2 Å². The maximum Gasteiger partial charge on any atom is 0.238 e. The first-order valence-corrected chi connectivity index (χ1v) is 9.93. The number of carbonyl (C=O) groups excluding carboxylic acids is 2. The second-order valence-corrected chi connectivity index (χ2v) is 8.39. The van der Waals surface area contributed by atoms with Crippen LogP contribution in [0, 0.1) is 37.5 Å². The van der Waals surface area contributed by atoms with Crippen molar-refractivity contribution in [3.63, 3.8) is 0 Å². The number of benzene rings is 1. The zero-order valence-corrected chi connectivity index (χ0v) is 15.5. The van der Waals surface area contributed by atoms with Gasteiger partial charge in [-0.05, 0) is 62.8 Å². The van der Waals surface area contributed by atoms with Crippen molar-refractivity contribution in [1.82, 2.24) is 0 Å². The summed E-state index contributed by atoms with van der Waals surface area (Å²) in [6.45, 7) is 4.08. The van der Waals surface area contributed by atoms with E-state index in [0.717, 1.165) is 24.1 Å². The minimum Gasteiger partial charge on any atom is -0.274 e. The molecule has 2 amide bonds. The van der Waals surface area contributed by atoms with Gasteiger partial charge in [0.1, 0.15) is 0 Å². The molecule has 0 unspecified atom stereocenters. The number of carbonyl (C=O) groups is 2. The normalized spacial score (nSPS) is 32.8. The minimum absolute atomic E-state index is 0.00834. The van der Waals surface area contributed by atoms with Gasteiger partial charge in [0.15, 0.2) is 0 Å². The third-order valence-electron chi connectivity index (χ3n) is 7.03. The SMILES string of the molecule is Cc1ccc(N2C(=O)[C@@H]3[C@H](C2=O)[C@H]2C=C[C@H]3C2=C2CCCCC2)cc1C. The summed E-state index contributed by atoms with van der Waals surface area (Å²) in [5.41, 5.74) is 6.01. The van der Waals surface area contributed by atoms with Gasteiger partial charge in [-0.1, -0.05) is 35.8 Å². The van der Waals surface area contributed by atoms with Crippen LogP contribution >= 0.6 is 0 Å². The summed E-state index contributed by atoms with van der Waals surface area (Å²) in [5.74, 6) is -0.0210. The molecule has 1 saturated heterocycles. The van der Waals surface area contributed by atoms with Crippen LogP contribution in [-0.4, -0.2) is 11.8 Å². The molecule has 0 radical (unpaired) electrons. The van der Waals surface area contributed by atoms with Gasteiger partial charge < -0.3 is 0 Å². The Labute approximate surface area is 154 Å². The van der Waals surface area contributed by atoms with Crippen molar-refractivity contribution in [3.05, 3.63) is 52.6 Å². The first-order chi connectivity index (χ1) is 12.6. The fourth-order valence-corrected chi connectivity index (χ4v) is 5.62. The van der Waals surface area contributed by atoms with Gasteiger partial charge in [-0.15, -0.1) is 0 Å². The molecule has 2 bridgehead atoms. The highest BCUT2D eigenvalue weighted by Gasteiger charge is 2.62. The van der Waals surface area contributed by atoms with Gasteiger partial charge in [0.05, 0.1) is 17.5 Å². The number of amides is 2. The summed E-state index contributed by atoms with van der Waals surface area (Å²) in [6.07, 6.45) is 10.6. The fourth-order valence-electron chi connectivity index (χ4n) is 5.62. The Morgan fingerprint density at radius 3 is 2.04 bits per heavy atom. The molecule has 2 saturated carbocycles. The van der Waals surface area contributed by atoms with Crippen LogP contribution in [0.3, 0.4) is 0 Å². The van der Waals surface area contributed by atoms with Crippen molar-refractivity contribution in [1.29, 1.82) is 0 Å². The lowest BCUT2D eigenvalue weighted by molar-refractivity contribution is -0.122. The van der Waals surface area contributed by atoms with E-state index in [2.05, 4.69) is 12.2 Å². The molecule has 1 heterocycles. The van der Waals surface area contributed by atoms with E-state index in [4.69, 9.17) is 0 Å². The van der Waals surface area contributed by atoms with Gasteiger partial charge in [0, 0.05) is 11.8 Å². The Kier molecular flexibility index (Phi) is 3.50. The molecule has 0 aromatic heterocycles. The third kappa shape index (κ3) is 2.06. The van der Waals surface area contributed by atoms with Crippen LogP contribution in [0.2, 0.25) is 0 Å². The number of hydrogen-bond acceptors (Lipinski definition) is 2. The van der Waals surface area contributed by atoms with E-state index >= 15 is 0 Å². The Morgan fingerprint density at radius 2 is 1.46 bits per heavy atom. The van der Waals surface area contributed by atoms with Gasteiger partial charge >= 0.3 is 0 Å². The standard InChI is InChI=1S/C23H25NO2/c1-13-8-9-16(12-14(13)2)24-22(25)20-17-10-11-18(21(20)23(24)26)19(17)15-6-4-3-5-7-15/h8-12,17-18,20-21H,3-7H2,1-2H3/t17-,18-,20-,21+/m0/s1. The Bertz CT molecular complexity index is 836. The zero-order chi connectivity index (χ0) is 18.0. The Hall–Kier alpha value is -2.16. The van der Waals surface area contributed by atoms with Gasteiger partial charge in [-0.25, -0.2) is 4.90 Å². The Morgan fingerprint density at radius 1 is 0.846 bits per heavy atom. The highest BCUT2D eigenvalue weighted by molar-refractivity contribution is 6.23. The molecule has 3 fully saturated rings. The lowest BCUT2D eigenvalue weighted by atomic mass is 9.85. The topological polar surface area (TPSA) is 37.4 Å². The number of hydrogen-bond donors (Lipinski definition) is 0. The molecule has 0 N–H and O–H groups in total. The van der Waals surface area contributed by atoms with Gasteiger partial charge in [0.25, 0.3) is 0 Å². The average Bonchev–Trinajstić information content (AvgIpc) is 3.28. The molecule has 1 aromatic rings. The number of aryl methyl sites for hydroxylation is 2. The molecule has 3 aliphatic carbocycles. The number of rotatable bonds is 1. The third-order valence-corrected chi connectivity index (χ3v) is 7.03. The van der Waals surface area contributed by atoms with Crippen LogP contribution in [0.4, 0.5) is 5.69 Å². The predicted octanol–water partition coefficient (Wildman–Crippen LogP) is 4.49. The quantitative estimate of drug-likeness (QED) is 0.555. The monoisotopic (exact) mass is 347 g/mol. The highest BCUT2D eigenvalue weighted by Crippen LogP contribution is 2.58. The zero-order valence-electron chi connectivity index (χ0n) is 15.5. The molecule has 5 rings (SSSR count). The Balaban J connectivity index is 1.53. The largest absolute Gasteiger partial charge is 0.274 e. The van der Waals surface area contributed by atoms with Crippen molar-refractivity contribution < 1.29 is 9.59 Å². The average molecular weight is 347 g/mol. The molecule has 3 nitrogen and oxygen atoms in total. The van der Waals surface area contributed by atoms with E-state index in [-0.39, 0.29) is 35.5 Å². The summed E-state index contributed by atoms with van der Waals surface area (Å²) in [5, 5.41) is 0. The maximum absolute atomic E-state index is 13.3. The summed E-state index contributed by atoms with van der Waals surface area (Å²) in [4.78, 5) is 28.0. The molecule has 1 aliphatic heterocycles. The van der Waals surface area contributed by atoms with Crippen molar-refractivity contribution in [2.45, 2.75) is 46.0 Å². The van der Waals surface area contributed by atoms with Crippen molar-refractivity contribution in [2.24, 2.45) is 23.7 Å². The second kappa shape index (κ2) is 5.67. The van der Waals surface area contributed by atoms with Gasteiger partial charge in [0.2, 0.25) is 11.8 Å². The molecule has 4 aliphatic rings. The molecular formula is C23H25NO2. The lowest BCUT2D eigenvalue weighted by Crippen LogP contribution is -2.33. The van der Waals surface area contributed by atoms with Crippen molar-refractivity contribution in [2.75, 3.05) is 4.90 Å². The van der Waals surface area contributed by atoms with E-state index in [0.29, 0.717) is 0 Å². The van der Waals surface area contributed by atoms with Crippen molar-refractivity contribution >= 4 is 17.5 Å². The lowest BCUT2D eigenvalue weighted by Gasteiger charge is -2.23. The van der Waals surface area contributed by atoms with E-state index in [9.17, 15) is 9.59 Å². The van der Waals surface area contributed by atoms with E-state index in [1.54, 1.807) is 5.57 Å². The molecular weight excluding hydrogens is 322 g/mol. The molecule has 134 valence electrons. The predicted molar refractivity (Wildman–Crippen MR) is 102 cm³/mol. The summed E-state index contributed by atoms with van der Waals surface area (Å²) in [7, 11) is 0. The van der Waals surface area contributed by atoms with Gasteiger partial charge in [-0.3, -0.25) is 9.59 Å². The molecule has 1 aromatic carbocycles. The maximum atomic E-state index is 13.3. The first-order valence-electron chi connectivity index (χ1n) is 9.93. The van der Waals surface area contributed by atoms with Crippen molar-refractivity contribution in [3.8, 4) is 0 Å². The minimum atomic E-state index is -0.177. The highest BCUT2D eigenvalue weighted by atomic mass is 16.2. The van der Waals surface area contributed by atoms with Crippen LogP contribution < -0.4 is 4.90 Å². The number of anilines is 1. The number of allylic oxidation sites excluding steroid dienone is 4.